The van der Waals surface area contributed by atoms with Crippen molar-refractivity contribution in [2.24, 2.45) is 0 Å². The molecule has 1 rings (SSSR count). The van der Waals surface area contributed by atoms with E-state index in [0.29, 0.717) is 23.1 Å². The highest BCUT2D eigenvalue weighted by atomic mass is 79.9. The molecule has 4 heteroatoms. The third-order valence-electron chi connectivity index (χ3n) is 1.19. The van der Waals surface area contributed by atoms with Gasteiger partial charge in [0.05, 0.1) is 12.7 Å². The van der Waals surface area contributed by atoms with Crippen LogP contribution in [0.25, 0.3) is 0 Å². The molecule has 0 fully saturated rings. The van der Waals surface area contributed by atoms with Crippen LogP contribution >= 0.6 is 15.9 Å². The van der Waals surface area contributed by atoms with Gasteiger partial charge in [0.2, 0.25) is 5.89 Å². The normalized spacial score (nSPS) is 10.9. The first-order chi connectivity index (χ1) is 5.18. The van der Waals surface area contributed by atoms with E-state index in [-0.39, 0.29) is 0 Å². The number of oxazole rings is 1. The van der Waals surface area contributed by atoms with Crippen LogP contribution in [0.1, 0.15) is 19.7 Å². The van der Waals surface area contributed by atoms with Crippen molar-refractivity contribution in [1.29, 1.82) is 0 Å². The van der Waals surface area contributed by atoms with E-state index in [1.165, 1.54) is 0 Å². The summed E-state index contributed by atoms with van der Waals surface area (Å²) in [6, 6.07) is 0.459. The van der Waals surface area contributed by atoms with Crippen molar-refractivity contribution in [2.45, 2.75) is 26.4 Å². The van der Waals surface area contributed by atoms with E-state index in [4.69, 9.17) is 4.42 Å². The molecule has 0 bridgehead atoms. The van der Waals surface area contributed by atoms with Crippen molar-refractivity contribution < 1.29 is 4.42 Å². The number of hydrogen-bond acceptors (Lipinski definition) is 3. The highest BCUT2D eigenvalue weighted by Gasteiger charge is 2.00. The fourth-order valence-corrected chi connectivity index (χ4v) is 0.950. The van der Waals surface area contributed by atoms with E-state index in [0.717, 1.165) is 0 Å². The molecular weight excluding hydrogens is 208 g/mol. The Kier molecular flexibility index (Phi) is 3.08. The lowest BCUT2D eigenvalue weighted by atomic mass is 10.4. The summed E-state index contributed by atoms with van der Waals surface area (Å²) in [5, 5.41) is 3.20. The topological polar surface area (TPSA) is 38.1 Å². The molecule has 1 heterocycles. The van der Waals surface area contributed by atoms with Crippen molar-refractivity contribution in [3.8, 4) is 0 Å². The predicted octanol–water partition coefficient (Wildman–Crippen LogP) is 1.94. The molecule has 0 aliphatic rings. The fraction of sp³-hybridized carbons (Fsp3) is 0.571. The van der Waals surface area contributed by atoms with Crippen LogP contribution in [0.15, 0.2) is 15.3 Å². The van der Waals surface area contributed by atoms with Crippen LogP contribution in [-0.2, 0) is 6.54 Å². The summed E-state index contributed by atoms with van der Waals surface area (Å²) in [6.07, 6.45) is 1.65. The van der Waals surface area contributed by atoms with E-state index in [1.54, 1.807) is 6.20 Å². The first kappa shape index (κ1) is 8.74. The SMILES string of the molecule is CC(C)NCc1ncc(Br)o1. The molecule has 0 aromatic carbocycles. The summed E-state index contributed by atoms with van der Waals surface area (Å²) < 4.78 is 5.86. The molecule has 0 saturated heterocycles. The van der Waals surface area contributed by atoms with Crippen molar-refractivity contribution in [2.75, 3.05) is 0 Å². The van der Waals surface area contributed by atoms with Gasteiger partial charge in [-0.05, 0) is 15.9 Å². The first-order valence-electron chi connectivity index (χ1n) is 3.52. The summed E-state index contributed by atoms with van der Waals surface area (Å²) in [5.41, 5.74) is 0. The minimum atomic E-state index is 0.459. The van der Waals surface area contributed by atoms with Crippen LogP contribution in [0.2, 0.25) is 0 Å². The average molecular weight is 219 g/mol. The zero-order chi connectivity index (χ0) is 8.27. The molecule has 0 atom stereocenters. The Hall–Kier alpha value is -0.350. The van der Waals surface area contributed by atoms with Crippen molar-refractivity contribution in [1.82, 2.24) is 10.3 Å². The lowest BCUT2D eigenvalue weighted by Crippen LogP contribution is -2.21. The number of halogens is 1. The number of nitrogens with zero attached hydrogens (tertiary/aromatic N) is 1. The average Bonchev–Trinajstić information content (AvgIpc) is 2.31. The van der Waals surface area contributed by atoms with Crippen molar-refractivity contribution >= 4 is 15.9 Å². The molecule has 11 heavy (non-hydrogen) atoms. The molecule has 0 aliphatic heterocycles. The van der Waals surface area contributed by atoms with Gasteiger partial charge in [0.15, 0.2) is 4.67 Å². The van der Waals surface area contributed by atoms with Gasteiger partial charge >= 0.3 is 0 Å². The van der Waals surface area contributed by atoms with Crippen LogP contribution < -0.4 is 5.32 Å². The van der Waals surface area contributed by atoms with E-state index in [1.807, 2.05) is 0 Å². The molecule has 0 saturated carbocycles. The smallest absolute Gasteiger partial charge is 0.209 e. The molecule has 0 aliphatic carbocycles. The number of hydrogen-bond donors (Lipinski definition) is 1. The second-order valence-electron chi connectivity index (χ2n) is 2.59. The van der Waals surface area contributed by atoms with Gasteiger partial charge in [0.1, 0.15) is 0 Å². The summed E-state index contributed by atoms with van der Waals surface area (Å²) in [6.45, 7) is 4.85. The molecule has 1 aromatic rings. The van der Waals surface area contributed by atoms with E-state index >= 15 is 0 Å². The Balaban J connectivity index is 2.39. The van der Waals surface area contributed by atoms with E-state index in [9.17, 15) is 0 Å². The minimum absolute atomic E-state index is 0.459. The maximum atomic E-state index is 5.18. The third-order valence-corrected chi connectivity index (χ3v) is 1.55. The second-order valence-corrected chi connectivity index (χ2v) is 3.38. The number of rotatable bonds is 3. The van der Waals surface area contributed by atoms with Gasteiger partial charge in [-0.3, -0.25) is 0 Å². The number of aromatic nitrogens is 1. The standard InChI is InChI=1S/C7H11BrN2O/c1-5(2)9-4-7-10-3-6(8)11-7/h3,5,9H,4H2,1-2H3. The zero-order valence-electron chi connectivity index (χ0n) is 6.60. The van der Waals surface area contributed by atoms with Crippen LogP contribution in [0, 0.1) is 0 Å². The Morgan fingerprint density at radius 1 is 1.73 bits per heavy atom. The van der Waals surface area contributed by atoms with E-state index < -0.39 is 0 Å². The lowest BCUT2D eigenvalue weighted by molar-refractivity contribution is 0.438. The summed E-state index contributed by atoms with van der Waals surface area (Å²) in [5.74, 6) is 0.713. The van der Waals surface area contributed by atoms with Crippen molar-refractivity contribution in [3.05, 3.63) is 16.8 Å². The van der Waals surface area contributed by atoms with Gasteiger partial charge in [-0.15, -0.1) is 0 Å². The van der Waals surface area contributed by atoms with E-state index in [2.05, 4.69) is 40.1 Å². The molecule has 0 unspecified atom stereocenters. The van der Waals surface area contributed by atoms with Crippen molar-refractivity contribution in [3.63, 3.8) is 0 Å². The van der Waals surface area contributed by atoms with Gasteiger partial charge < -0.3 is 9.73 Å². The Morgan fingerprint density at radius 2 is 2.45 bits per heavy atom. The second kappa shape index (κ2) is 3.88. The molecule has 0 radical (unpaired) electrons. The quantitative estimate of drug-likeness (QED) is 0.843. The molecule has 62 valence electrons. The molecule has 0 spiro atoms. The third kappa shape index (κ3) is 3.03. The van der Waals surface area contributed by atoms with Gasteiger partial charge in [-0.25, -0.2) is 4.98 Å². The highest BCUT2D eigenvalue weighted by Crippen LogP contribution is 2.09. The lowest BCUT2D eigenvalue weighted by Gasteiger charge is -2.03. The summed E-state index contributed by atoms with van der Waals surface area (Å²) >= 11 is 3.18. The maximum absolute atomic E-state index is 5.18. The molecule has 0 amide bonds. The molecule has 1 N–H and O–H groups in total. The Bertz CT molecular complexity index is 222. The van der Waals surface area contributed by atoms with Gasteiger partial charge in [0, 0.05) is 6.04 Å². The molecule has 3 nitrogen and oxygen atoms in total. The molecular formula is C7H11BrN2O. The number of nitrogens with one attached hydrogen (secondary N) is 1. The van der Waals surface area contributed by atoms with Crippen LogP contribution in [0.3, 0.4) is 0 Å². The largest absolute Gasteiger partial charge is 0.433 e. The zero-order valence-corrected chi connectivity index (χ0v) is 8.18. The van der Waals surface area contributed by atoms with Crippen LogP contribution in [0.5, 0.6) is 0 Å². The predicted molar refractivity (Wildman–Crippen MR) is 46.2 cm³/mol. The highest BCUT2D eigenvalue weighted by molar-refractivity contribution is 9.10. The van der Waals surface area contributed by atoms with Gasteiger partial charge in [0.25, 0.3) is 0 Å². The summed E-state index contributed by atoms with van der Waals surface area (Å²) in [7, 11) is 0. The Morgan fingerprint density at radius 3 is 2.91 bits per heavy atom. The minimum Gasteiger partial charge on any atom is -0.433 e. The van der Waals surface area contributed by atoms with Crippen LogP contribution in [-0.4, -0.2) is 11.0 Å². The summed E-state index contributed by atoms with van der Waals surface area (Å²) in [4.78, 5) is 4.01. The first-order valence-corrected chi connectivity index (χ1v) is 4.31. The monoisotopic (exact) mass is 218 g/mol. The fourth-order valence-electron chi connectivity index (χ4n) is 0.661. The van der Waals surface area contributed by atoms with Crippen LogP contribution in [0.4, 0.5) is 0 Å². The Labute approximate surface area is 74.3 Å². The van der Waals surface area contributed by atoms with Gasteiger partial charge in [-0.1, -0.05) is 13.8 Å². The maximum Gasteiger partial charge on any atom is 0.209 e. The molecule has 1 aromatic heterocycles. The van der Waals surface area contributed by atoms with Gasteiger partial charge in [-0.2, -0.15) is 0 Å².